The Balaban J connectivity index is 1.28. The average Bonchev–Trinajstić information content (AvgIpc) is 3.40. The summed E-state index contributed by atoms with van der Waals surface area (Å²) >= 11 is 1.40. The molecule has 0 radical (unpaired) electrons. The first-order valence-corrected chi connectivity index (χ1v) is 11.1. The summed E-state index contributed by atoms with van der Waals surface area (Å²) in [5.41, 5.74) is 1.45. The quantitative estimate of drug-likeness (QED) is 0.682. The lowest BCUT2D eigenvalue weighted by atomic mass is 10.2. The molecule has 1 aliphatic carbocycles. The molecule has 0 unspecified atom stereocenters. The minimum absolute atomic E-state index is 0.0449. The first-order valence-electron chi connectivity index (χ1n) is 10.3. The van der Waals surface area contributed by atoms with Crippen molar-refractivity contribution < 1.29 is 14.4 Å². The second kappa shape index (κ2) is 9.25. The van der Waals surface area contributed by atoms with Crippen molar-refractivity contribution in [3.05, 3.63) is 46.5 Å². The normalized spacial score (nSPS) is 16.1. The van der Waals surface area contributed by atoms with Gasteiger partial charge in [-0.3, -0.25) is 14.9 Å². The van der Waals surface area contributed by atoms with Gasteiger partial charge in [0.1, 0.15) is 0 Å². The van der Waals surface area contributed by atoms with Crippen molar-refractivity contribution in [2.75, 3.05) is 18.4 Å². The highest BCUT2D eigenvalue weighted by Crippen LogP contribution is 2.28. The molecule has 0 spiro atoms. The molecule has 4 amide bonds. The van der Waals surface area contributed by atoms with Gasteiger partial charge in [0.05, 0.1) is 18.8 Å². The van der Waals surface area contributed by atoms with E-state index in [1.54, 1.807) is 29.2 Å². The number of amides is 4. The maximum atomic E-state index is 12.5. The minimum atomic E-state index is -0.265. The Morgan fingerprint density at radius 3 is 2.67 bits per heavy atom. The molecule has 1 aromatic carbocycles. The molecule has 30 heavy (non-hydrogen) atoms. The van der Waals surface area contributed by atoms with E-state index < -0.39 is 0 Å². The van der Waals surface area contributed by atoms with Gasteiger partial charge in [0.25, 0.3) is 5.91 Å². The minimum Gasteiger partial charge on any atom is -0.343 e. The summed E-state index contributed by atoms with van der Waals surface area (Å²) in [7, 11) is 0. The number of rotatable bonds is 5. The maximum Gasteiger partial charge on any atom is 0.321 e. The molecule has 1 fully saturated rings. The van der Waals surface area contributed by atoms with E-state index in [4.69, 9.17) is 0 Å². The Labute approximate surface area is 179 Å². The smallest absolute Gasteiger partial charge is 0.321 e. The summed E-state index contributed by atoms with van der Waals surface area (Å²) < 4.78 is 0. The van der Waals surface area contributed by atoms with Crippen LogP contribution in [0.5, 0.6) is 0 Å². The number of fused-ring (bicyclic) bond motifs is 1. The fraction of sp³-hybridized carbons (Fsp3) is 0.429. The van der Waals surface area contributed by atoms with Gasteiger partial charge in [-0.15, -0.1) is 0 Å². The lowest BCUT2D eigenvalue weighted by Crippen LogP contribution is -2.42. The third-order valence-electron chi connectivity index (χ3n) is 5.43. The molecule has 1 aromatic heterocycles. The molecule has 0 atom stereocenters. The van der Waals surface area contributed by atoms with Crippen molar-refractivity contribution in [2.45, 2.75) is 44.7 Å². The molecule has 2 aliphatic rings. The Morgan fingerprint density at radius 1 is 1.13 bits per heavy atom. The van der Waals surface area contributed by atoms with Crippen LogP contribution < -0.4 is 16.0 Å². The monoisotopic (exact) mass is 427 g/mol. The number of urea groups is 1. The van der Waals surface area contributed by atoms with Crippen LogP contribution in [0.25, 0.3) is 0 Å². The van der Waals surface area contributed by atoms with Gasteiger partial charge in [-0.25, -0.2) is 9.78 Å². The molecule has 2 heterocycles. The van der Waals surface area contributed by atoms with Crippen LogP contribution in [0.4, 0.5) is 9.93 Å². The summed E-state index contributed by atoms with van der Waals surface area (Å²) in [5.74, 6) is -0.397. The van der Waals surface area contributed by atoms with Crippen LogP contribution in [0, 0.1) is 0 Å². The van der Waals surface area contributed by atoms with Crippen LogP contribution in [0.2, 0.25) is 0 Å². The highest BCUT2D eigenvalue weighted by atomic mass is 32.1. The zero-order valence-corrected chi connectivity index (χ0v) is 17.5. The van der Waals surface area contributed by atoms with Crippen molar-refractivity contribution in [3.8, 4) is 0 Å². The fourth-order valence-electron chi connectivity index (χ4n) is 3.81. The standard InChI is InChI=1S/C21H25N5O3S/c27-18(12-22-19(28)14-6-2-1-3-7-14)26-11-10-16-17(13-26)30-21(24-16)25-20(29)23-15-8-4-5-9-15/h1-3,6-7,15H,4-5,8-13H2,(H,22,28)(H2,23,24,25,29). The number of anilines is 1. The zero-order valence-electron chi connectivity index (χ0n) is 16.6. The molecule has 9 heteroatoms. The van der Waals surface area contributed by atoms with Gasteiger partial charge in [0, 0.05) is 29.4 Å². The summed E-state index contributed by atoms with van der Waals surface area (Å²) in [6.07, 6.45) is 5.01. The third kappa shape index (κ3) is 4.96. The predicted molar refractivity (Wildman–Crippen MR) is 114 cm³/mol. The van der Waals surface area contributed by atoms with Gasteiger partial charge in [-0.2, -0.15) is 0 Å². The van der Waals surface area contributed by atoms with Crippen molar-refractivity contribution >= 4 is 34.3 Å². The number of hydrogen-bond donors (Lipinski definition) is 3. The van der Waals surface area contributed by atoms with Crippen LogP contribution >= 0.6 is 11.3 Å². The maximum absolute atomic E-state index is 12.5. The Kier molecular flexibility index (Phi) is 6.27. The molecule has 8 nitrogen and oxygen atoms in total. The summed E-state index contributed by atoms with van der Waals surface area (Å²) in [4.78, 5) is 44.0. The molecule has 1 saturated carbocycles. The Hall–Kier alpha value is -2.94. The third-order valence-corrected chi connectivity index (χ3v) is 6.43. The zero-order chi connectivity index (χ0) is 20.9. The van der Waals surface area contributed by atoms with E-state index >= 15 is 0 Å². The van der Waals surface area contributed by atoms with Crippen LogP contribution in [0.15, 0.2) is 30.3 Å². The SMILES string of the molecule is O=C(Nc1nc2c(s1)CN(C(=O)CNC(=O)c1ccccc1)CC2)NC1CCCC1. The van der Waals surface area contributed by atoms with Crippen LogP contribution in [-0.4, -0.2) is 46.9 Å². The van der Waals surface area contributed by atoms with Gasteiger partial charge in [0.15, 0.2) is 5.13 Å². The van der Waals surface area contributed by atoms with Gasteiger partial charge in [0.2, 0.25) is 5.91 Å². The number of carbonyl (C=O) groups is 3. The van der Waals surface area contributed by atoms with Crippen molar-refractivity contribution in [3.63, 3.8) is 0 Å². The average molecular weight is 428 g/mol. The van der Waals surface area contributed by atoms with E-state index in [1.807, 2.05) is 6.07 Å². The number of aromatic nitrogens is 1. The van der Waals surface area contributed by atoms with Crippen LogP contribution in [0.3, 0.4) is 0 Å². The van der Waals surface area contributed by atoms with Crippen LogP contribution in [0.1, 0.15) is 46.6 Å². The number of carbonyl (C=O) groups excluding carboxylic acids is 3. The molecule has 4 rings (SSSR count). The van der Waals surface area contributed by atoms with Crippen LogP contribution in [-0.2, 0) is 17.8 Å². The first kappa shape index (κ1) is 20.3. The second-order valence-corrected chi connectivity index (χ2v) is 8.67. The van der Waals surface area contributed by atoms with Crippen molar-refractivity contribution in [2.24, 2.45) is 0 Å². The fourth-order valence-corrected chi connectivity index (χ4v) is 4.83. The number of thiazole rings is 1. The van der Waals surface area contributed by atoms with Gasteiger partial charge < -0.3 is 15.5 Å². The van der Waals surface area contributed by atoms with E-state index in [9.17, 15) is 14.4 Å². The number of hydrogen-bond acceptors (Lipinski definition) is 5. The highest BCUT2D eigenvalue weighted by Gasteiger charge is 2.25. The lowest BCUT2D eigenvalue weighted by molar-refractivity contribution is -0.130. The van der Waals surface area contributed by atoms with E-state index in [0.29, 0.717) is 30.2 Å². The highest BCUT2D eigenvalue weighted by molar-refractivity contribution is 7.15. The molecule has 1 aliphatic heterocycles. The second-order valence-electron chi connectivity index (χ2n) is 7.58. The molecule has 0 saturated heterocycles. The summed E-state index contributed by atoms with van der Waals surface area (Å²) in [5, 5.41) is 9.05. The number of nitrogens with one attached hydrogen (secondary N) is 3. The topological polar surface area (TPSA) is 103 Å². The lowest BCUT2D eigenvalue weighted by Gasteiger charge is -2.26. The molecule has 2 aromatic rings. The van der Waals surface area contributed by atoms with E-state index in [-0.39, 0.29) is 30.4 Å². The molecular weight excluding hydrogens is 402 g/mol. The molecular formula is C21H25N5O3S. The van der Waals surface area contributed by atoms with E-state index in [0.717, 1.165) is 36.3 Å². The molecule has 3 N–H and O–H groups in total. The van der Waals surface area contributed by atoms with Gasteiger partial charge in [-0.05, 0) is 25.0 Å². The van der Waals surface area contributed by atoms with Crippen molar-refractivity contribution in [1.82, 2.24) is 20.5 Å². The van der Waals surface area contributed by atoms with Gasteiger partial charge in [-0.1, -0.05) is 42.4 Å². The molecule has 0 bridgehead atoms. The van der Waals surface area contributed by atoms with Crippen molar-refractivity contribution in [1.29, 1.82) is 0 Å². The van der Waals surface area contributed by atoms with E-state index in [2.05, 4.69) is 20.9 Å². The predicted octanol–water partition coefficient (Wildman–Crippen LogP) is 2.52. The Bertz CT molecular complexity index is 924. The first-order chi connectivity index (χ1) is 14.6. The largest absolute Gasteiger partial charge is 0.343 e. The summed E-state index contributed by atoms with van der Waals surface area (Å²) in [6, 6.07) is 8.86. The number of benzene rings is 1. The number of nitrogens with zero attached hydrogens (tertiary/aromatic N) is 2. The van der Waals surface area contributed by atoms with E-state index in [1.165, 1.54) is 11.3 Å². The Morgan fingerprint density at radius 2 is 1.90 bits per heavy atom. The summed E-state index contributed by atoms with van der Waals surface area (Å²) in [6.45, 7) is 0.945. The molecule has 158 valence electrons. The van der Waals surface area contributed by atoms with Gasteiger partial charge >= 0.3 is 6.03 Å².